The van der Waals surface area contributed by atoms with Crippen molar-refractivity contribution in [3.8, 4) is 11.8 Å². The molecule has 0 aromatic heterocycles. The number of methoxy groups -OCH3 is 1. The second-order valence-electron chi connectivity index (χ2n) is 5.26. The normalized spacial score (nSPS) is 19.6. The van der Waals surface area contributed by atoms with Crippen LogP contribution < -0.4 is 10.1 Å². The van der Waals surface area contributed by atoms with Gasteiger partial charge in [-0.25, -0.2) is 0 Å². The molecule has 2 rings (SSSR count). The van der Waals surface area contributed by atoms with E-state index in [4.69, 9.17) is 10.00 Å². The fourth-order valence-electron chi connectivity index (χ4n) is 2.72. The molecule has 0 bridgehead atoms. The summed E-state index contributed by atoms with van der Waals surface area (Å²) in [5, 5.41) is 12.7. The third-order valence-electron chi connectivity index (χ3n) is 3.93. The molecule has 1 aliphatic heterocycles. The van der Waals surface area contributed by atoms with E-state index >= 15 is 0 Å². The molecule has 1 aromatic carbocycles. The van der Waals surface area contributed by atoms with E-state index in [0.717, 1.165) is 25.2 Å². The molecule has 0 aliphatic carbocycles. The Hall–Kier alpha value is -1.57. The van der Waals surface area contributed by atoms with Crippen LogP contribution in [0, 0.1) is 11.3 Å². The first-order chi connectivity index (χ1) is 9.76. The second-order valence-corrected chi connectivity index (χ2v) is 5.26. The van der Waals surface area contributed by atoms with Crippen molar-refractivity contribution in [2.24, 2.45) is 0 Å². The van der Waals surface area contributed by atoms with Gasteiger partial charge in [0.15, 0.2) is 0 Å². The summed E-state index contributed by atoms with van der Waals surface area (Å²) < 4.78 is 5.16. The number of nitriles is 1. The van der Waals surface area contributed by atoms with Crippen molar-refractivity contribution in [3.63, 3.8) is 0 Å². The van der Waals surface area contributed by atoms with Gasteiger partial charge in [0.2, 0.25) is 0 Å². The van der Waals surface area contributed by atoms with Gasteiger partial charge in [0.1, 0.15) is 11.8 Å². The Bertz CT molecular complexity index is 481. The molecule has 0 spiro atoms. The Morgan fingerprint density at radius 1 is 1.50 bits per heavy atom. The van der Waals surface area contributed by atoms with Crippen LogP contribution in [0.2, 0.25) is 0 Å². The van der Waals surface area contributed by atoms with Crippen molar-refractivity contribution >= 4 is 0 Å². The van der Waals surface area contributed by atoms with E-state index in [1.54, 1.807) is 7.11 Å². The lowest BCUT2D eigenvalue weighted by atomic mass is 10.0. The molecule has 1 aliphatic rings. The minimum Gasteiger partial charge on any atom is -0.495 e. The van der Waals surface area contributed by atoms with Crippen molar-refractivity contribution in [3.05, 3.63) is 29.3 Å². The summed E-state index contributed by atoms with van der Waals surface area (Å²) in [5.74, 6) is 0.645. The van der Waals surface area contributed by atoms with Gasteiger partial charge in [-0.05, 0) is 43.6 Å². The molecule has 1 aromatic rings. The number of benzene rings is 1. The highest BCUT2D eigenvalue weighted by Crippen LogP contribution is 2.19. The van der Waals surface area contributed by atoms with Crippen molar-refractivity contribution in [2.45, 2.75) is 32.4 Å². The van der Waals surface area contributed by atoms with Gasteiger partial charge in [0, 0.05) is 19.1 Å². The summed E-state index contributed by atoms with van der Waals surface area (Å²) >= 11 is 0. The number of likely N-dealkylation sites (N-methyl/N-ethyl adjacent to an activating group) is 1. The lowest BCUT2D eigenvalue weighted by Crippen LogP contribution is -2.45. The van der Waals surface area contributed by atoms with E-state index < -0.39 is 0 Å². The molecule has 0 saturated carbocycles. The van der Waals surface area contributed by atoms with Gasteiger partial charge in [-0.1, -0.05) is 13.0 Å². The Kier molecular flexibility index (Phi) is 5.40. The monoisotopic (exact) mass is 273 g/mol. The quantitative estimate of drug-likeness (QED) is 0.893. The van der Waals surface area contributed by atoms with E-state index in [2.05, 4.69) is 23.2 Å². The topological polar surface area (TPSA) is 48.3 Å². The SMILES string of the molecule is CCN1CCCC(NCc2ccc(OC)c(C#N)c2)C1. The number of nitrogens with one attached hydrogen (secondary N) is 1. The summed E-state index contributed by atoms with van der Waals surface area (Å²) in [4.78, 5) is 2.48. The number of rotatable bonds is 5. The Balaban J connectivity index is 1.92. The molecule has 20 heavy (non-hydrogen) atoms. The summed E-state index contributed by atoms with van der Waals surface area (Å²) in [5.41, 5.74) is 1.74. The number of ether oxygens (including phenoxy) is 1. The van der Waals surface area contributed by atoms with Crippen LogP contribution in [0.5, 0.6) is 5.75 Å². The van der Waals surface area contributed by atoms with Crippen molar-refractivity contribution in [1.29, 1.82) is 5.26 Å². The summed E-state index contributed by atoms with van der Waals surface area (Å²) in [7, 11) is 1.59. The van der Waals surface area contributed by atoms with E-state index in [-0.39, 0.29) is 0 Å². The molecule has 108 valence electrons. The standard InChI is InChI=1S/C16H23N3O/c1-3-19-8-4-5-15(12-19)18-11-13-6-7-16(20-2)14(9-13)10-17/h6-7,9,15,18H,3-5,8,11-12H2,1-2H3. The van der Waals surface area contributed by atoms with Crippen LogP contribution in [0.1, 0.15) is 30.9 Å². The van der Waals surface area contributed by atoms with Crippen LogP contribution in [0.25, 0.3) is 0 Å². The van der Waals surface area contributed by atoms with Crippen LogP contribution in [0.3, 0.4) is 0 Å². The first kappa shape index (κ1) is 14.8. The van der Waals surface area contributed by atoms with Crippen LogP contribution in [0.15, 0.2) is 18.2 Å². The Labute approximate surface area is 121 Å². The largest absolute Gasteiger partial charge is 0.495 e. The summed E-state index contributed by atoms with van der Waals surface area (Å²) in [6.07, 6.45) is 2.50. The zero-order valence-corrected chi connectivity index (χ0v) is 12.4. The average molecular weight is 273 g/mol. The van der Waals surface area contributed by atoms with Crippen LogP contribution >= 0.6 is 0 Å². The highest BCUT2D eigenvalue weighted by atomic mass is 16.5. The first-order valence-electron chi connectivity index (χ1n) is 7.29. The van der Waals surface area contributed by atoms with Gasteiger partial charge in [-0.15, -0.1) is 0 Å². The molecule has 0 radical (unpaired) electrons. The van der Waals surface area contributed by atoms with E-state index in [1.807, 2.05) is 18.2 Å². The molecule has 1 saturated heterocycles. The smallest absolute Gasteiger partial charge is 0.136 e. The van der Waals surface area contributed by atoms with Crippen molar-refractivity contribution in [1.82, 2.24) is 10.2 Å². The number of nitrogens with zero attached hydrogens (tertiary/aromatic N) is 2. The highest BCUT2D eigenvalue weighted by Gasteiger charge is 2.17. The lowest BCUT2D eigenvalue weighted by molar-refractivity contribution is 0.198. The van der Waals surface area contributed by atoms with E-state index in [0.29, 0.717) is 17.4 Å². The molecule has 1 atom stereocenters. The van der Waals surface area contributed by atoms with Gasteiger partial charge in [-0.2, -0.15) is 5.26 Å². The van der Waals surface area contributed by atoms with Crippen molar-refractivity contribution < 1.29 is 4.74 Å². The van der Waals surface area contributed by atoms with Gasteiger partial charge in [-0.3, -0.25) is 0 Å². The molecule has 1 unspecified atom stereocenters. The highest BCUT2D eigenvalue weighted by molar-refractivity contribution is 5.45. The molecular formula is C16H23N3O. The number of hydrogen-bond donors (Lipinski definition) is 1. The molecule has 1 heterocycles. The third-order valence-corrected chi connectivity index (χ3v) is 3.93. The maximum atomic E-state index is 9.10. The Morgan fingerprint density at radius 3 is 3.05 bits per heavy atom. The number of piperidine rings is 1. The zero-order chi connectivity index (χ0) is 14.4. The predicted molar refractivity (Wildman–Crippen MR) is 79.7 cm³/mol. The van der Waals surface area contributed by atoms with E-state index in [9.17, 15) is 0 Å². The molecule has 1 fully saturated rings. The average Bonchev–Trinajstić information content (AvgIpc) is 2.52. The molecule has 4 nitrogen and oxygen atoms in total. The van der Waals surface area contributed by atoms with Gasteiger partial charge >= 0.3 is 0 Å². The minimum absolute atomic E-state index is 0.552. The fraction of sp³-hybridized carbons (Fsp3) is 0.562. The maximum Gasteiger partial charge on any atom is 0.136 e. The lowest BCUT2D eigenvalue weighted by Gasteiger charge is -2.32. The summed E-state index contributed by atoms with van der Waals surface area (Å²) in [6.45, 7) is 6.48. The van der Waals surface area contributed by atoms with Gasteiger partial charge in [0.05, 0.1) is 12.7 Å². The minimum atomic E-state index is 0.552. The van der Waals surface area contributed by atoms with Gasteiger partial charge < -0.3 is 15.0 Å². The van der Waals surface area contributed by atoms with Crippen LogP contribution in [-0.4, -0.2) is 37.7 Å². The Morgan fingerprint density at radius 2 is 2.35 bits per heavy atom. The van der Waals surface area contributed by atoms with Gasteiger partial charge in [0.25, 0.3) is 0 Å². The van der Waals surface area contributed by atoms with Crippen molar-refractivity contribution in [2.75, 3.05) is 26.7 Å². The predicted octanol–water partition coefficient (Wildman–Crippen LogP) is 2.14. The first-order valence-corrected chi connectivity index (χ1v) is 7.29. The number of hydrogen-bond acceptors (Lipinski definition) is 4. The van der Waals surface area contributed by atoms with E-state index in [1.165, 1.54) is 19.4 Å². The maximum absolute atomic E-state index is 9.10. The third kappa shape index (κ3) is 3.72. The van der Waals surface area contributed by atoms with Crippen LogP contribution in [-0.2, 0) is 6.54 Å². The molecule has 1 N–H and O–H groups in total. The second kappa shape index (κ2) is 7.28. The molecule has 0 amide bonds. The number of likely N-dealkylation sites (tertiary alicyclic amines) is 1. The fourth-order valence-corrected chi connectivity index (χ4v) is 2.72. The summed E-state index contributed by atoms with van der Waals surface area (Å²) in [6, 6.07) is 8.53. The zero-order valence-electron chi connectivity index (χ0n) is 12.4. The van der Waals surface area contributed by atoms with Crippen LogP contribution in [0.4, 0.5) is 0 Å². The molecular weight excluding hydrogens is 250 g/mol. The molecule has 4 heteroatoms.